The number of sulfonamides is 1. The van der Waals surface area contributed by atoms with Crippen LogP contribution < -0.4 is 9.47 Å². The van der Waals surface area contributed by atoms with Gasteiger partial charge >= 0.3 is 0 Å². The Balaban J connectivity index is 1.85. The van der Waals surface area contributed by atoms with Crippen LogP contribution in [0.4, 0.5) is 0 Å². The zero-order valence-electron chi connectivity index (χ0n) is 22.8. The van der Waals surface area contributed by atoms with Crippen LogP contribution in [0.3, 0.4) is 0 Å². The molecule has 0 aliphatic rings. The van der Waals surface area contributed by atoms with Gasteiger partial charge in [0.2, 0.25) is 15.9 Å². The number of thiophene rings is 1. The number of hydrogen-bond donors (Lipinski definition) is 0. The van der Waals surface area contributed by atoms with Crippen molar-refractivity contribution >= 4 is 50.5 Å². The molecule has 3 rings (SSSR count). The number of carbonyl (C=O) groups is 1. The molecule has 0 aliphatic heterocycles. The minimum Gasteiger partial charge on any atom is -0.493 e. The second kappa shape index (κ2) is 15.6. The number of amides is 1. The second-order valence-electron chi connectivity index (χ2n) is 8.80. The lowest BCUT2D eigenvalue weighted by atomic mass is 10.1. The van der Waals surface area contributed by atoms with Crippen LogP contribution in [-0.2, 0) is 32.5 Å². The van der Waals surface area contributed by atoms with Crippen LogP contribution in [0.1, 0.15) is 23.8 Å². The first-order valence-corrected chi connectivity index (χ1v) is 15.8. The molecule has 0 atom stereocenters. The van der Waals surface area contributed by atoms with Crippen LogP contribution in [0.15, 0.2) is 58.8 Å². The van der Waals surface area contributed by atoms with E-state index in [1.807, 2.05) is 42.6 Å². The van der Waals surface area contributed by atoms with E-state index in [0.29, 0.717) is 50.6 Å². The molecule has 0 fully saturated rings. The summed E-state index contributed by atoms with van der Waals surface area (Å²) in [4.78, 5) is 16.3. The minimum absolute atomic E-state index is 0.0375. The van der Waals surface area contributed by atoms with E-state index < -0.39 is 10.0 Å². The average molecular weight is 630 g/mol. The number of methoxy groups -OCH3 is 2. The van der Waals surface area contributed by atoms with E-state index >= 15 is 0 Å². The Morgan fingerprint density at radius 1 is 1.00 bits per heavy atom. The zero-order valence-corrected chi connectivity index (χ0v) is 25.9. The van der Waals surface area contributed by atoms with Gasteiger partial charge in [0.15, 0.2) is 11.5 Å². The van der Waals surface area contributed by atoms with Gasteiger partial charge in [-0.05, 0) is 67.1 Å². The Kier molecular flexibility index (Phi) is 12.6. The highest BCUT2D eigenvalue weighted by Gasteiger charge is 2.30. The maximum Gasteiger partial charge on any atom is 0.245 e. The number of nitrogens with zero attached hydrogens (tertiary/aromatic N) is 2. The van der Waals surface area contributed by atoms with Crippen molar-refractivity contribution in [2.45, 2.75) is 31.2 Å². The fraction of sp³-hybridized carbons (Fsp3) is 0.393. The first-order valence-electron chi connectivity index (χ1n) is 12.7. The van der Waals surface area contributed by atoms with E-state index in [4.69, 9.17) is 37.4 Å². The third kappa shape index (κ3) is 8.83. The maximum absolute atomic E-state index is 13.7. The largest absolute Gasteiger partial charge is 0.493 e. The number of hydrogen-bond acceptors (Lipinski definition) is 7. The highest BCUT2D eigenvalue weighted by atomic mass is 35.5. The summed E-state index contributed by atoms with van der Waals surface area (Å²) >= 11 is 13.9. The fourth-order valence-corrected chi connectivity index (χ4v) is 6.90. The molecule has 2 aromatic carbocycles. The van der Waals surface area contributed by atoms with E-state index in [1.54, 1.807) is 19.1 Å². The fourth-order valence-electron chi connectivity index (χ4n) is 4.02. The molecule has 0 N–H and O–H groups in total. The maximum atomic E-state index is 13.7. The van der Waals surface area contributed by atoms with Crippen molar-refractivity contribution in [3.8, 4) is 11.5 Å². The lowest BCUT2D eigenvalue weighted by Crippen LogP contribution is -2.43. The summed E-state index contributed by atoms with van der Waals surface area (Å²) in [5.41, 5.74) is 0.952. The first kappa shape index (κ1) is 32.2. The lowest BCUT2D eigenvalue weighted by molar-refractivity contribution is -0.132. The monoisotopic (exact) mass is 628 g/mol. The Morgan fingerprint density at radius 2 is 1.77 bits per heavy atom. The second-order valence-corrected chi connectivity index (χ2v) is 12.6. The molecule has 40 heavy (non-hydrogen) atoms. The van der Waals surface area contributed by atoms with Gasteiger partial charge in [0.05, 0.1) is 32.3 Å². The minimum atomic E-state index is -4.13. The Morgan fingerprint density at radius 3 is 2.45 bits per heavy atom. The van der Waals surface area contributed by atoms with E-state index in [9.17, 15) is 13.2 Å². The molecule has 8 nitrogen and oxygen atoms in total. The normalized spacial score (nSPS) is 11.6. The molecule has 0 radical (unpaired) electrons. The summed E-state index contributed by atoms with van der Waals surface area (Å²) in [6.45, 7) is 3.19. The van der Waals surface area contributed by atoms with Crippen LogP contribution >= 0.6 is 34.5 Å². The molecule has 1 amide bonds. The number of ether oxygens (including phenoxy) is 3. The molecule has 0 spiro atoms. The summed E-state index contributed by atoms with van der Waals surface area (Å²) in [5, 5.41) is 2.21. The van der Waals surface area contributed by atoms with Crippen molar-refractivity contribution in [1.82, 2.24) is 9.21 Å². The SMILES string of the molecule is CCOCCCN(CC(=O)N(CCc1ccc(OC)c(OC)c1)Cc1cccs1)S(=O)(=O)c1cc(Cl)ccc1Cl. The van der Waals surface area contributed by atoms with Crippen molar-refractivity contribution in [3.63, 3.8) is 0 Å². The predicted octanol–water partition coefficient (Wildman–Crippen LogP) is 5.76. The summed E-state index contributed by atoms with van der Waals surface area (Å²) < 4.78 is 44.7. The van der Waals surface area contributed by atoms with Crippen LogP contribution in [-0.4, -0.2) is 70.6 Å². The van der Waals surface area contributed by atoms with Gasteiger partial charge in [0.25, 0.3) is 0 Å². The molecule has 1 heterocycles. The lowest BCUT2D eigenvalue weighted by Gasteiger charge is -2.27. The molecule has 0 saturated carbocycles. The Labute approximate surface area is 250 Å². The summed E-state index contributed by atoms with van der Waals surface area (Å²) in [6, 6.07) is 13.7. The smallest absolute Gasteiger partial charge is 0.245 e. The molecular formula is C28H34Cl2N2O6S2. The van der Waals surface area contributed by atoms with Crippen molar-refractivity contribution in [2.75, 3.05) is 47.1 Å². The third-order valence-corrected chi connectivity index (χ3v) is 9.54. The highest BCUT2D eigenvalue weighted by molar-refractivity contribution is 7.89. The molecule has 0 unspecified atom stereocenters. The zero-order chi connectivity index (χ0) is 29.1. The van der Waals surface area contributed by atoms with Crippen LogP contribution in [0.25, 0.3) is 0 Å². The molecule has 12 heteroatoms. The third-order valence-electron chi connectivity index (χ3n) is 6.12. The van der Waals surface area contributed by atoms with Gasteiger partial charge in [0, 0.05) is 36.2 Å². The highest BCUT2D eigenvalue weighted by Crippen LogP contribution is 2.29. The van der Waals surface area contributed by atoms with Gasteiger partial charge in [-0.3, -0.25) is 4.79 Å². The molecular weight excluding hydrogens is 595 g/mol. The van der Waals surface area contributed by atoms with Gasteiger partial charge in [-0.25, -0.2) is 8.42 Å². The molecule has 3 aromatic rings. The Bertz CT molecular complexity index is 1350. The molecule has 218 valence electrons. The van der Waals surface area contributed by atoms with E-state index in [1.165, 1.54) is 29.5 Å². The molecule has 0 aliphatic carbocycles. The number of benzene rings is 2. The van der Waals surface area contributed by atoms with Crippen LogP contribution in [0, 0.1) is 0 Å². The topological polar surface area (TPSA) is 85.4 Å². The van der Waals surface area contributed by atoms with E-state index in [0.717, 1.165) is 14.7 Å². The van der Waals surface area contributed by atoms with Crippen LogP contribution in [0.2, 0.25) is 10.0 Å². The summed E-state index contributed by atoms with van der Waals surface area (Å²) in [7, 11) is -0.986. The van der Waals surface area contributed by atoms with Crippen molar-refractivity contribution < 1.29 is 27.4 Å². The van der Waals surface area contributed by atoms with E-state index in [-0.39, 0.29) is 33.9 Å². The number of carbonyl (C=O) groups excluding carboxylic acids is 1. The number of halogens is 2. The quantitative estimate of drug-likeness (QED) is 0.187. The first-order chi connectivity index (χ1) is 19.2. The standard InChI is InChI=1S/C28H34Cl2N2O6S2/c1-4-38-15-6-13-32(40(34,35)27-18-22(29)9-10-24(27)30)20-28(33)31(19-23-7-5-16-39-23)14-12-21-8-11-25(36-2)26(17-21)37-3/h5,7-11,16-18H,4,6,12-15,19-20H2,1-3H3. The van der Waals surface area contributed by atoms with Gasteiger partial charge in [-0.15, -0.1) is 11.3 Å². The van der Waals surface area contributed by atoms with E-state index in [2.05, 4.69) is 0 Å². The van der Waals surface area contributed by atoms with Gasteiger partial charge < -0.3 is 19.1 Å². The van der Waals surface area contributed by atoms with Gasteiger partial charge in [-0.1, -0.05) is 35.3 Å². The summed E-state index contributed by atoms with van der Waals surface area (Å²) in [5.74, 6) is 0.887. The number of rotatable bonds is 16. The van der Waals surface area contributed by atoms with Gasteiger partial charge in [0.1, 0.15) is 4.90 Å². The average Bonchev–Trinajstić information content (AvgIpc) is 3.46. The molecule has 0 bridgehead atoms. The van der Waals surface area contributed by atoms with Crippen molar-refractivity contribution in [1.29, 1.82) is 0 Å². The Hall–Kier alpha value is -2.34. The van der Waals surface area contributed by atoms with Gasteiger partial charge in [-0.2, -0.15) is 4.31 Å². The van der Waals surface area contributed by atoms with Crippen molar-refractivity contribution in [3.05, 3.63) is 74.4 Å². The molecule has 1 aromatic heterocycles. The predicted molar refractivity (Wildman–Crippen MR) is 159 cm³/mol. The summed E-state index contributed by atoms with van der Waals surface area (Å²) in [6.07, 6.45) is 0.948. The van der Waals surface area contributed by atoms with Crippen molar-refractivity contribution in [2.24, 2.45) is 0 Å². The molecule has 0 saturated heterocycles. The van der Waals surface area contributed by atoms with Crippen LogP contribution in [0.5, 0.6) is 11.5 Å².